The molecular formula is C19H27N5O2S. The number of aromatic nitrogens is 3. The molecular weight excluding hydrogens is 362 g/mol. The van der Waals surface area contributed by atoms with E-state index in [1.54, 1.807) is 0 Å². The Labute approximate surface area is 164 Å². The highest BCUT2D eigenvalue weighted by molar-refractivity contribution is 8.00. The van der Waals surface area contributed by atoms with Crippen LogP contribution in [-0.4, -0.2) is 58.8 Å². The van der Waals surface area contributed by atoms with Crippen LogP contribution in [0.15, 0.2) is 35.5 Å². The van der Waals surface area contributed by atoms with E-state index in [9.17, 15) is 4.79 Å². The van der Waals surface area contributed by atoms with E-state index in [0.717, 1.165) is 36.4 Å². The molecule has 146 valence electrons. The zero-order valence-corrected chi connectivity index (χ0v) is 17.0. The molecule has 27 heavy (non-hydrogen) atoms. The summed E-state index contributed by atoms with van der Waals surface area (Å²) >= 11 is 1.47. The quantitative estimate of drug-likeness (QED) is 0.679. The predicted octanol–water partition coefficient (Wildman–Crippen LogP) is 2.67. The third kappa shape index (κ3) is 4.44. The molecule has 0 spiro atoms. The third-order valence-corrected chi connectivity index (χ3v) is 5.66. The van der Waals surface area contributed by atoms with Crippen molar-refractivity contribution in [3.63, 3.8) is 0 Å². The molecule has 7 nitrogen and oxygen atoms in total. The van der Waals surface area contributed by atoms with Gasteiger partial charge in [0, 0.05) is 31.9 Å². The van der Waals surface area contributed by atoms with Crippen molar-refractivity contribution >= 4 is 29.3 Å². The maximum Gasteiger partial charge on any atom is 0.240 e. The number of amides is 1. The van der Waals surface area contributed by atoms with Gasteiger partial charge in [0.1, 0.15) is 0 Å². The van der Waals surface area contributed by atoms with Gasteiger partial charge in [0.15, 0.2) is 5.16 Å². The van der Waals surface area contributed by atoms with E-state index in [0.29, 0.717) is 19.8 Å². The highest BCUT2D eigenvalue weighted by Gasteiger charge is 2.26. The molecule has 0 aliphatic carbocycles. The summed E-state index contributed by atoms with van der Waals surface area (Å²) in [5, 5.41) is 9.28. The summed E-state index contributed by atoms with van der Waals surface area (Å²) in [5.41, 5.74) is 0.920. The van der Waals surface area contributed by atoms with Crippen molar-refractivity contribution in [3.05, 3.63) is 30.3 Å². The molecule has 0 bridgehead atoms. The van der Waals surface area contributed by atoms with Crippen molar-refractivity contribution in [3.8, 4) is 0 Å². The summed E-state index contributed by atoms with van der Waals surface area (Å²) in [6.07, 6.45) is 0. The van der Waals surface area contributed by atoms with Gasteiger partial charge in [-0.3, -0.25) is 9.36 Å². The first-order chi connectivity index (χ1) is 13.2. The zero-order chi connectivity index (χ0) is 19.2. The van der Waals surface area contributed by atoms with Gasteiger partial charge in [-0.05, 0) is 32.9 Å². The Hall–Kier alpha value is -2.06. The normalized spacial score (nSPS) is 15.6. The van der Waals surface area contributed by atoms with Crippen LogP contribution in [0.5, 0.6) is 0 Å². The van der Waals surface area contributed by atoms with Crippen LogP contribution in [-0.2, 0) is 16.1 Å². The fourth-order valence-corrected chi connectivity index (χ4v) is 4.11. The average molecular weight is 390 g/mol. The van der Waals surface area contributed by atoms with E-state index < -0.39 is 0 Å². The van der Waals surface area contributed by atoms with Gasteiger partial charge in [-0.15, -0.1) is 10.2 Å². The summed E-state index contributed by atoms with van der Waals surface area (Å²) in [4.78, 5) is 17.0. The second kappa shape index (κ2) is 9.23. The Morgan fingerprint density at radius 2 is 1.93 bits per heavy atom. The highest BCUT2D eigenvalue weighted by Crippen LogP contribution is 2.28. The van der Waals surface area contributed by atoms with Crippen LogP contribution in [0.25, 0.3) is 0 Å². The third-order valence-electron chi connectivity index (χ3n) is 4.59. The van der Waals surface area contributed by atoms with Gasteiger partial charge in [0.2, 0.25) is 11.9 Å². The Kier molecular flexibility index (Phi) is 6.73. The van der Waals surface area contributed by atoms with Crippen LogP contribution in [0.4, 0.5) is 11.6 Å². The summed E-state index contributed by atoms with van der Waals surface area (Å²) in [6, 6.07) is 9.78. The second-order valence-corrected chi connectivity index (χ2v) is 7.61. The maximum atomic E-state index is 13.0. The molecule has 1 aromatic heterocycles. The van der Waals surface area contributed by atoms with Crippen molar-refractivity contribution < 1.29 is 9.53 Å². The zero-order valence-electron chi connectivity index (χ0n) is 16.2. The minimum atomic E-state index is -0.253. The summed E-state index contributed by atoms with van der Waals surface area (Å²) in [6.45, 7) is 10.4. The largest absolute Gasteiger partial charge is 0.378 e. The van der Waals surface area contributed by atoms with E-state index in [4.69, 9.17) is 4.74 Å². The lowest BCUT2D eigenvalue weighted by Gasteiger charge is -2.28. The van der Waals surface area contributed by atoms with Crippen molar-refractivity contribution in [2.24, 2.45) is 0 Å². The molecule has 0 unspecified atom stereocenters. The SMILES string of the molecule is CCN(C(=O)[C@@H](C)Sc1nnc(N2CCOCC2)n1CC)c1ccccc1. The molecule has 1 aromatic carbocycles. The fourth-order valence-electron chi connectivity index (χ4n) is 3.14. The molecule has 1 fully saturated rings. The molecule has 0 saturated carbocycles. The highest BCUT2D eigenvalue weighted by atomic mass is 32.2. The van der Waals surface area contributed by atoms with Crippen LogP contribution >= 0.6 is 11.8 Å². The topological polar surface area (TPSA) is 63.5 Å². The van der Waals surface area contributed by atoms with Gasteiger partial charge in [0.25, 0.3) is 0 Å². The molecule has 1 amide bonds. The molecule has 3 rings (SSSR count). The van der Waals surface area contributed by atoms with Crippen LogP contribution < -0.4 is 9.80 Å². The van der Waals surface area contributed by atoms with Gasteiger partial charge in [-0.25, -0.2) is 0 Å². The summed E-state index contributed by atoms with van der Waals surface area (Å²) in [7, 11) is 0. The first-order valence-corrected chi connectivity index (χ1v) is 10.3. The number of nitrogens with zero attached hydrogens (tertiary/aromatic N) is 5. The smallest absolute Gasteiger partial charge is 0.240 e. The van der Waals surface area contributed by atoms with E-state index >= 15 is 0 Å². The van der Waals surface area contributed by atoms with Gasteiger partial charge in [-0.1, -0.05) is 30.0 Å². The molecule has 1 aliphatic heterocycles. The Bertz CT molecular complexity index is 746. The van der Waals surface area contributed by atoms with Gasteiger partial charge in [0.05, 0.1) is 18.5 Å². The number of hydrogen-bond donors (Lipinski definition) is 0. The van der Waals surface area contributed by atoms with Gasteiger partial charge >= 0.3 is 0 Å². The monoisotopic (exact) mass is 389 g/mol. The van der Waals surface area contributed by atoms with Crippen molar-refractivity contribution in [1.82, 2.24) is 14.8 Å². The fraction of sp³-hybridized carbons (Fsp3) is 0.526. The van der Waals surface area contributed by atoms with Crippen LogP contribution in [0.3, 0.4) is 0 Å². The Balaban J connectivity index is 1.74. The molecule has 8 heteroatoms. The number of carbonyl (C=O) groups excluding carboxylic acids is 1. The molecule has 1 saturated heterocycles. The lowest BCUT2D eigenvalue weighted by Crippen LogP contribution is -2.38. The molecule has 2 heterocycles. The van der Waals surface area contributed by atoms with Crippen LogP contribution in [0.2, 0.25) is 0 Å². The number of hydrogen-bond acceptors (Lipinski definition) is 6. The number of ether oxygens (including phenoxy) is 1. The number of para-hydroxylation sites is 1. The van der Waals surface area contributed by atoms with Crippen molar-refractivity contribution in [2.75, 3.05) is 42.6 Å². The predicted molar refractivity (Wildman–Crippen MR) is 109 cm³/mol. The number of anilines is 2. The number of morpholine rings is 1. The second-order valence-electron chi connectivity index (χ2n) is 6.30. The first kappa shape index (κ1) is 19.7. The number of benzene rings is 1. The molecule has 0 radical (unpaired) electrons. The molecule has 2 aromatic rings. The van der Waals surface area contributed by atoms with Crippen LogP contribution in [0.1, 0.15) is 20.8 Å². The van der Waals surface area contributed by atoms with E-state index in [2.05, 4.69) is 26.6 Å². The maximum absolute atomic E-state index is 13.0. The average Bonchev–Trinajstić information content (AvgIpc) is 3.12. The summed E-state index contributed by atoms with van der Waals surface area (Å²) in [5.74, 6) is 0.936. The van der Waals surface area contributed by atoms with Gasteiger partial charge in [-0.2, -0.15) is 0 Å². The number of carbonyl (C=O) groups is 1. The first-order valence-electron chi connectivity index (χ1n) is 9.44. The van der Waals surface area contributed by atoms with Crippen molar-refractivity contribution in [2.45, 2.75) is 37.7 Å². The molecule has 1 aliphatic rings. The standard InChI is InChI=1S/C19H27N5O2S/c1-4-23(16-9-7-6-8-10-16)17(25)15(3)27-19-21-20-18(24(19)5-2)22-11-13-26-14-12-22/h6-10,15H,4-5,11-14H2,1-3H3/t15-/m1/s1. The lowest BCUT2D eigenvalue weighted by molar-refractivity contribution is -0.117. The minimum absolute atomic E-state index is 0.0762. The van der Waals surface area contributed by atoms with E-state index in [-0.39, 0.29) is 11.2 Å². The number of rotatable bonds is 7. The summed E-state index contributed by atoms with van der Waals surface area (Å²) < 4.78 is 7.51. The molecule has 1 atom stereocenters. The van der Waals surface area contributed by atoms with E-state index in [1.165, 1.54) is 11.8 Å². The Morgan fingerprint density at radius 3 is 2.56 bits per heavy atom. The van der Waals surface area contributed by atoms with Crippen molar-refractivity contribution in [1.29, 1.82) is 0 Å². The molecule has 0 N–H and O–H groups in total. The van der Waals surface area contributed by atoms with Gasteiger partial charge < -0.3 is 14.5 Å². The Morgan fingerprint density at radius 1 is 1.22 bits per heavy atom. The van der Waals surface area contributed by atoms with Crippen LogP contribution in [0, 0.1) is 0 Å². The number of thioether (sulfide) groups is 1. The minimum Gasteiger partial charge on any atom is -0.378 e. The van der Waals surface area contributed by atoms with E-state index in [1.807, 2.05) is 49.1 Å². The lowest BCUT2D eigenvalue weighted by atomic mass is 10.2.